The van der Waals surface area contributed by atoms with Gasteiger partial charge in [-0.1, -0.05) is 6.07 Å². The number of aliphatic hydroxyl groups is 1. The number of hydrogen-bond donors (Lipinski definition) is 3. The average molecular weight is 270 g/mol. The van der Waals surface area contributed by atoms with Gasteiger partial charge in [0.2, 0.25) is 0 Å². The Hall–Kier alpha value is -2.15. The lowest BCUT2D eigenvalue weighted by Gasteiger charge is -2.18. The Kier molecular flexibility index (Phi) is 5.25. The van der Waals surface area contributed by atoms with Crippen molar-refractivity contribution >= 4 is 17.7 Å². The standard InChI is InChI=1S/C12H15FN2O4/c1-15(9-4-2-3-8(13)7-9)12(19)14-6-5-10(16)11(17)18/h2-4,7,10,16H,5-6H2,1H3,(H,14,19)(H,17,18)/t10-/m0/s1. The van der Waals surface area contributed by atoms with Crippen molar-refractivity contribution in [3.63, 3.8) is 0 Å². The van der Waals surface area contributed by atoms with Crippen molar-refractivity contribution in [1.29, 1.82) is 0 Å². The van der Waals surface area contributed by atoms with Gasteiger partial charge in [-0.15, -0.1) is 0 Å². The van der Waals surface area contributed by atoms with Gasteiger partial charge in [-0.3, -0.25) is 4.90 Å². The van der Waals surface area contributed by atoms with Crippen LogP contribution in [0.15, 0.2) is 24.3 Å². The van der Waals surface area contributed by atoms with Gasteiger partial charge in [-0.05, 0) is 18.2 Å². The van der Waals surface area contributed by atoms with Gasteiger partial charge >= 0.3 is 12.0 Å². The molecule has 104 valence electrons. The molecule has 0 heterocycles. The first kappa shape index (κ1) is 14.9. The summed E-state index contributed by atoms with van der Waals surface area (Å²) in [6.07, 6.45) is -1.61. The minimum Gasteiger partial charge on any atom is -0.479 e. The predicted molar refractivity (Wildman–Crippen MR) is 66.5 cm³/mol. The fourth-order valence-corrected chi connectivity index (χ4v) is 1.36. The quantitative estimate of drug-likeness (QED) is 0.738. The number of hydrogen-bond acceptors (Lipinski definition) is 3. The molecule has 0 radical (unpaired) electrons. The number of aliphatic hydroxyl groups excluding tert-OH is 1. The number of carbonyl (C=O) groups is 2. The highest BCUT2D eigenvalue weighted by Gasteiger charge is 2.15. The molecule has 2 amide bonds. The third kappa shape index (κ3) is 4.55. The summed E-state index contributed by atoms with van der Waals surface area (Å²) in [5.74, 6) is -1.80. The molecule has 1 aromatic rings. The fourth-order valence-electron chi connectivity index (χ4n) is 1.36. The Morgan fingerprint density at radius 3 is 2.74 bits per heavy atom. The van der Waals surface area contributed by atoms with Crippen LogP contribution in [0.1, 0.15) is 6.42 Å². The smallest absolute Gasteiger partial charge is 0.332 e. The Morgan fingerprint density at radius 1 is 1.47 bits per heavy atom. The summed E-state index contributed by atoms with van der Waals surface area (Å²) in [4.78, 5) is 23.2. The summed E-state index contributed by atoms with van der Waals surface area (Å²) in [5, 5.41) is 19.9. The Labute approximate surface area is 109 Å². The molecule has 0 fully saturated rings. The topological polar surface area (TPSA) is 89.9 Å². The molecular formula is C12H15FN2O4. The summed E-state index contributed by atoms with van der Waals surface area (Å²) in [5.41, 5.74) is 0.372. The highest BCUT2D eigenvalue weighted by Crippen LogP contribution is 2.13. The molecule has 1 aromatic carbocycles. The van der Waals surface area contributed by atoms with E-state index in [2.05, 4.69) is 5.32 Å². The number of carboxylic acids is 1. The number of benzene rings is 1. The first-order valence-corrected chi connectivity index (χ1v) is 5.60. The molecule has 1 atom stereocenters. The van der Waals surface area contributed by atoms with E-state index in [1.54, 1.807) is 6.07 Å². The molecule has 19 heavy (non-hydrogen) atoms. The first-order valence-electron chi connectivity index (χ1n) is 5.60. The number of amides is 2. The molecule has 0 aromatic heterocycles. The lowest BCUT2D eigenvalue weighted by Crippen LogP contribution is -2.39. The van der Waals surface area contributed by atoms with Gasteiger partial charge in [0.1, 0.15) is 5.82 Å². The number of anilines is 1. The maximum Gasteiger partial charge on any atom is 0.332 e. The van der Waals surface area contributed by atoms with Crippen molar-refractivity contribution in [2.24, 2.45) is 0 Å². The number of nitrogens with zero attached hydrogens (tertiary/aromatic N) is 1. The molecule has 0 aliphatic rings. The van der Waals surface area contributed by atoms with Crippen LogP contribution in [0.5, 0.6) is 0 Å². The number of halogens is 1. The third-order valence-electron chi connectivity index (χ3n) is 2.48. The van der Waals surface area contributed by atoms with Crippen molar-refractivity contribution in [3.8, 4) is 0 Å². The minimum atomic E-state index is -1.51. The monoisotopic (exact) mass is 270 g/mol. The van der Waals surface area contributed by atoms with Crippen molar-refractivity contribution in [2.75, 3.05) is 18.5 Å². The molecule has 0 aliphatic carbocycles. The fraction of sp³-hybridized carbons (Fsp3) is 0.333. The van der Waals surface area contributed by atoms with Crippen LogP contribution >= 0.6 is 0 Å². The minimum absolute atomic E-state index is 0.00591. The van der Waals surface area contributed by atoms with Crippen molar-refractivity contribution in [3.05, 3.63) is 30.1 Å². The van der Waals surface area contributed by atoms with E-state index >= 15 is 0 Å². The largest absolute Gasteiger partial charge is 0.479 e. The van der Waals surface area contributed by atoms with Crippen molar-refractivity contribution in [1.82, 2.24) is 5.32 Å². The zero-order valence-corrected chi connectivity index (χ0v) is 10.3. The van der Waals surface area contributed by atoms with E-state index in [0.717, 1.165) is 0 Å². The lowest BCUT2D eigenvalue weighted by atomic mass is 10.2. The molecule has 0 bridgehead atoms. The van der Waals surface area contributed by atoms with Crippen LogP contribution in [0.4, 0.5) is 14.9 Å². The van der Waals surface area contributed by atoms with Crippen LogP contribution in [0, 0.1) is 5.82 Å². The molecule has 1 rings (SSSR count). The van der Waals surface area contributed by atoms with E-state index in [-0.39, 0.29) is 13.0 Å². The zero-order valence-electron chi connectivity index (χ0n) is 10.3. The molecule has 0 saturated heterocycles. The van der Waals surface area contributed by atoms with E-state index in [1.165, 1.54) is 30.1 Å². The van der Waals surface area contributed by atoms with Gasteiger partial charge in [0.05, 0.1) is 0 Å². The second-order valence-corrected chi connectivity index (χ2v) is 3.91. The second-order valence-electron chi connectivity index (χ2n) is 3.91. The molecule has 0 aliphatic heterocycles. The van der Waals surface area contributed by atoms with E-state index in [0.29, 0.717) is 5.69 Å². The number of carbonyl (C=O) groups excluding carboxylic acids is 1. The molecule has 0 saturated carbocycles. The van der Waals surface area contributed by atoms with E-state index < -0.39 is 23.9 Å². The summed E-state index contributed by atoms with van der Waals surface area (Å²) in [6, 6.07) is 4.99. The highest BCUT2D eigenvalue weighted by atomic mass is 19.1. The normalized spacial score (nSPS) is 11.7. The summed E-state index contributed by atoms with van der Waals surface area (Å²) in [6.45, 7) is 0.00591. The lowest BCUT2D eigenvalue weighted by molar-refractivity contribution is -0.146. The summed E-state index contributed by atoms with van der Waals surface area (Å²) in [7, 11) is 1.46. The zero-order chi connectivity index (χ0) is 14.4. The van der Waals surface area contributed by atoms with Gasteiger partial charge < -0.3 is 15.5 Å². The average Bonchev–Trinajstić information content (AvgIpc) is 2.37. The van der Waals surface area contributed by atoms with Crippen LogP contribution < -0.4 is 10.2 Å². The van der Waals surface area contributed by atoms with Crippen molar-refractivity contribution < 1.29 is 24.2 Å². The van der Waals surface area contributed by atoms with Crippen LogP contribution in [0.2, 0.25) is 0 Å². The maximum absolute atomic E-state index is 13.0. The summed E-state index contributed by atoms with van der Waals surface area (Å²) < 4.78 is 13.0. The van der Waals surface area contributed by atoms with E-state index in [1.807, 2.05) is 0 Å². The maximum atomic E-state index is 13.0. The molecule has 0 unspecified atom stereocenters. The van der Waals surface area contributed by atoms with E-state index in [9.17, 15) is 14.0 Å². The van der Waals surface area contributed by atoms with Crippen molar-refractivity contribution in [2.45, 2.75) is 12.5 Å². The SMILES string of the molecule is CN(C(=O)NCC[C@H](O)C(=O)O)c1cccc(F)c1. The molecule has 0 spiro atoms. The number of nitrogens with one attached hydrogen (secondary N) is 1. The van der Waals surface area contributed by atoms with Gasteiger partial charge in [-0.25, -0.2) is 14.0 Å². The number of rotatable bonds is 5. The Balaban J connectivity index is 2.47. The Bertz CT molecular complexity index is 467. The molecular weight excluding hydrogens is 255 g/mol. The number of aliphatic carboxylic acids is 1. The van der Waals surface area contributed by atoms with Gasteiger partial charge in [-0.2, -0.15) is 0 Å². The summed E-state index contributed by atoms with van der Waals surface area (Å²) >= 11 is 0. The van der Waals surface area contributed by atoms with Crippen LogP contribution in [0.3, 0.4) is 0 Å². The molecule has 6 nitrogen and oxygen atoms in total. The van der Waals surface area contributed by atoms with Gasteiger partial charge in [0, 0.05) is 25.7 Å². The third-order valence-corrected chi connectivity index (χ3v) is 2.48. The predicted octanol–water partition coefficient (Wildman–Crippen LogP) is 0.807. The molecule has 7 heteroatoms. The second kappa shape index (κ2) is 6.69. The first-order chi connectivity index (χ1) is 8.91. The molecule has 3 N–H and O–H groups in total. The van der Waals surface area contributed by atoms with Crippen LogP contribution in [-0.2, 0) is 4.79 Å². The van der Waals surface area contributed by atoms with Crippen LogP contribution in [0.25, 0.3) is 0 Å². The van der Waals surface area contributed by atoms with Gasteiger partial charge in [0.25, 0.3) is 0 Å². The highest BCUT2D eigenvalue weighted by molar-refractivity contribution is 5.91. The number of urea groups is 1. The van der Waals surface area contributed by atoms with Gasteiger partial charge in [0.15, 0.2) is 6.10 Å². The Morgan fingerprint density at radius 2 is 2.16 bits per heavy atom. The van der Waals surface area contributed by atoms with E-state index in [4.69, 9.17) is 10.2 Å². The van der Waals surface area contributed by atoms with Crippen LogP contribution in [-0.4, -0.2) is 41.9 Å². The number of carboxylic acid groups (broad SMARTS) is 1.